The first kappa shape index (κ1) is 20.6. The molecule has 0 saturated heterocycles. The van der Waals surface area contributed by atoms with E-state index in [0.717, 1.165) is 51.4 Å². The molecule has 0 saturated carbocycles. The number of unbranched alkanes of at least 4 members (excludes halogenated alkanes) is 4. The van der Waals surface area contributed by atoms with Crippen molar-refractivity contribution in [3.8, 4) is 0 Å². The molecule has 0 aliphatic rings. The molecule has 0 bridgehead atoms. The van der Waals surface area contributed by atoms with Gasteiger partial charge in [-0.3, -0.25) is 4.79 Å². The molecule has 0 aliphatic carbocycles. The minimum absolute atomic E-state index is 0.259. The first-order chi connectivity index (χ1) is 10.7. The van der Waals surface area contributed by atoms with Crippen LogP contribution in [0.25, 0.3) is 0 Å². The monoisotopic (exact) mass is 310 g/mol. The second-order valence-corrected chi connectivity index (χ2v) is 5.40. The van der Waals surface area contributed by atoms with Crippen LogP contribution in [-0.4, -0.2) is 17.0 Å². The summed E-state index contributed by atoms with van der Waals surface area (Å²) >= 11 is 0. The first-order valence-corrected chi connectivity index (χ1v) is 8.36. The number of allylic oxidation sites excluding steroid dienone is 4. The van der Waals surface area contributed by atoms with Crippen molar-refractivity contribution in [1.29, 1.82) is 0 Å². The Morgan fingerprint density at radius 1 is 0.864 bits per heavy atom. The summed E-state index contributed by atoms with van der Waals surface area (Å²) in [6, 6.07) is 0. The van der Waals surface area contributed by atoms with Gasteiger partial charge in [-0.15, -0.1) is 0 Å². The Labute approximate surface area is 134 Å². The zero-order valence-corrected chi connectivity index (χ0v) is 13.8. The lowest BCUT2D eigenvalue weighted by molar-refractivity contribution is -0.234. The Morgan fingerprint density at radius 3 is 2.18 bits per heavy atom. The van der Waals surface area contributed by atoms with E-state index in [0.29, 0.717) is 18.6 Å². The lowest BCUT2D eigenvalue weighted by Crippen LogP contribution is -2.00. The quantitative estimate of drug-likeness (QED) is 0.212. The van der Waals surface area contributed by atoms with E-state index in [9.17, 15) is 9.59 Å². The lowest BCUT2D eigenvalue weighted by atomic mass is 10.1. The van der Waals surface area contributed by atoms with Gasteiger partial charge in [0.15, 0.2) is 0 Å². The van der Waals surface area contributed by atoms with Crippen LogP contribution in [-0.2, 0) is 14.5 Å². The highest BCUT2D eigenvalue weighted by Crippen LogP contribution is 2.09. The number of rotatable bonds is 14. The normalized spacial score (nSPS) is 11.4. The molecule has 0 unspecified atom stereocenters. The molecule has 0 rings (SSSR count). The Kier molecular flexibility index (Phi) is 14.9. The fourth-order valence-electron chi connectivity index (χ4n) is 2.09. The molecular formula is C18H30O4. The summed E-state index contributed by atoms with van der Waals surface area (Å²) in [5.74, 6) is -0.244. The molecular weight excluding hydrogens is 280 g/mol. The number of Topliss-reactive ketones (excluding diaryl/α,β-unsaturated/α-hetero) is 1. The van der Waals surface area contributed by atoms with Gasteiger partial charge < -0.3 is 4.89 Å². The highest BCUT2D eigenvalue weighted by molar-refractivity contribution is 5.78. The highest BCUT2D eigenvalue weighted by atomic mass is 17.1. The number of carbonyl (C=O) groups is 2. The molecule has 0 aromatic carbocycles. The summed E-state index contributed by atoms with van der Waals surface area (Å²) in [4.78, 5) is 25.9. The van der Waals surface area contributed by atoms with Crippen LogP contribution >= 0.6 is 0 Å². The van der Waals surface area contributed by atoms with Crippen LogP contribution in [0.5, 0.6) is 0 Å². The van der Waals surface area contributed by atoms with Crippen LogP contribution < -0.4 is 0 Å². The van der Waals surface area contributed by atoms with Gasteiger partial charge in [-0.1, -0.05) is 50.5 Å². The lowest BCUT2D eigenvalue weighted by Gasteiger charge is -2.01. The predicted octanol–water partition coefficient (Wildman–Crippen LogP) is 5.00. The third-order valence-corrected chi connectivity index (χ3v) is 3.37. The van der Waals surface area contributed by atoms with Gasteiger partial charge in [-0.05, 0) is 32.1 Å². The first-order valence-electron chi connectivity index (χ1n) is 8.36. The van der Waals surface area contributed by atoms with E-state index in [1.807, 2.05) is 0 Å². The molecule has 4 heteroatoms. The van der Waals surface area contributed by atoms with E-state index in [2.05, 4.69) is 36.1 Å². The standard InChI is InChI=1S/C18H30O4/c1-2-3-4-5-6-8-11-14-17(19)15-12-9-7-10-13-16-18(20)22-21/h3-4,6,8,21H,2,5,7,9-16H2,1H3. The van der Waals surface area contributed by atoms with E-state index < -0.39 is 5.97 Å². The molecule has 4 nitrogen and oxygen atoms in total. The van der Waals surface area contributed by atoms with E-state index in [-0.39, 0.29) is 6.42 Å². The van der Waals surface area contributed by atoms with Gasteiger partial charge in [-0.25, -0.2) is 4.79 Å². The van der Waals surface area contributed by atoms with Gasteiger partial charge in [0.05, 0.1) is 0 Å². The molecule has 22 heavy (non-hydrogen) atoms. The van der Waals surface area contributed by atoms with Crippen LogP contribution in [0.4, 0.5) is 0 Å². The second-order valence-electron chi connectivity index (χ2n) is 5.40. The summed E-state index contributed by atoms with van der Waals surface area (Å²) in [5.41, 5.74) is 0. The minimum Gasteiger partial charge on any atom is -0.301 e. The van der Waals surface area contributed by atoms with Crippen molar-refractivity contribution in [3.05, 3.63) is 24.3 Å². The van der Waals surface area contributed by atoms with Crippen LogP contribution in [0.15, 0.2) is 24.3 Å². The van der Waals surface area contributed by atoms with Crippen molar-refractivity contribution in [2.45, 2.75) is 77.6 Å². The van der Waals surface area contributed by atoms with Crippen molar-refractivity contribution < 1.29 is 19.7 Å². The third kappa shape index (κ3) is 15.0. The van der Waals surface area contributed by atoms with Crippen molar-refractivity contribution in [2.24, 2.45) is 0 Å². The fraction of sp³-hybridized carbons (Fsp3) is 0.667. The fourth-order valence-corrected chi connectivity index (χ4v) is 2.09. The van der Waals surface area contributed by atoms with Crippen molar-refractivity contribution in [3.63, 3.8) is 0 Å². The average molecular weight is 310 g/mol. The molecule has 0 amide bonds. The Balaban J connectivity index is 3.36. The van der Waals surface area contributed by atoms with Crippen molar-refractivity contribution >= 4 is 11.8 Å². The summed E-state index contributed by atoms with van der Waals surface area (Å²) in [5, 5.41) is 8.08. The number of ketones is 1. The molecule has 0 aromatic heterocycles. The summed E-state index contributed by atoms with van der Waals surface area (Å²) in [6.07, 6.45) is 17.5. The Morgan fingerprint density at radius 2 is 1.50 bits per heavy atom. The minimum atomic E-state index is -0.576. The molecule has 0 fully saturated rings. The van der Waals surface area contributed by atoms with E-state index in [4.69, 9.17) is 5.26 Å². The van der Waals surface area contributed by atoms with E-state index in [1.54, 1.807) is 0 Å². The van der Waals surface area contributed by atoms with Gasteiger partial charge in [0.1, 0.15) is 5.78 Å². The van der Waals surface area contributed by atoms with Gasteiger partial charge in [0.25, 0.3) is 0 Å². The smallest absolute Gasteiger partial charge is 0.301 e. The van der Waals surface area contributed by atoms with E-state index >= 15 is 0 Å². The van der Waals surface area contributed by atoms with Crippen LogP contribution in [0, 0.1) is 0 Å². The topological polar surface area (TPSA) is 63.6 Å². The zero-order valence-electron chi connectivity index (χ0n) is 13.8. The van der Waals surface area contributed by atoms with Crippen LogP contribution in [0.3, 0.4) is 0 Å². The van der Waals surface area contributed by atoms with Gasteiger partial charge in [0, 0.05) is 19.3 Å². The Hall–Kier alpha value is -1.42. The van der Waals surface area contributed by atoms with Gasteiger partial charge >= 0.3 is 5.97 Å². The molecule has 0 spiro atoms. The van der Waals surface area contributed by atoms with Crippen molar-refractivity contribution in [1.82, 2.24) is 0 Å². The van der Waals surface area contributed by atoms with Gasteiger partial charge in [0.2, 0.25) is 0 Å². The molecule has 0 radical (unpaired) electrons. The SMILES string of the molecule is CCC=CCC=CCCC(=O)CCCCCCCC(=O)OO. The molecule has 0 aromatic rings. The molecule has 0 atom stereocenters. The zero-order chi connectivity index (χ0) is 16.5. The molecule has 0 heterocycles. The van der Waals surface area contributed by atoms with E-state index in [1.165, 1.54) is 0 Å². The summed E-state index contributed by atoms with van der Waals surface area (Å²) in [6.45, 7) is 2.11. The number of hydrogen-bond donors (Lipinski definition) is 1. The average Bonchev–Trinajstić information content (AvgIpc) is 2.52. The molecule has 1 N–H and O–H groups in total. The van der Waals surface area contributed by atoms with Crippen molar-refractivity contribution in [2.75, 3.05) is 0 Å². The van der Waals surface area contributed by atoms with Crippen LogP contribution in [0.1, 0.15) is 77.6 Å². The summed E-state index contributed by atoms with van der Waals surface area (Å²) < 4.78 is 0. The highest BCUT2D eigenvalue weighted by Gasteiger charge is 2.02. The third-order valence-electron chi connectivity index (χ3n) is 3.37. The second kappa shape index (κ2) is 16.0. The predicted molar refractivity (Wildman–Crippen MR) is 88.5 cm³/mol. The largest absolute Gasteiger partial charge is 0.342 e. The number of carbonyl (C=O) groups excluding carboxylic acids is 2. The maximum absolute atomic E-state index is 11.7. The van der Waals surface area contributed by atoms with Crippen LogP contribution in [0.2, 0.25) is 0 Å². The summed E-state index contributed by atoms with van der Waals surface area (Å²) in [7, 11) is 0. The Bertz CT molecular complexity index is 345. The number of hydrogen-bond acceptors (Lipinski definition) is 4. The molecule has 0 aliphatic heterocycles. The maximum Gasteiger partial charge on any atom is 0.342 e. The molecule has 126 valence electrons. The maximum atomic E-state index is 11.7. The van der Waals surface area contributed by atoms with Gasteiger partial charge in [-0.2, -0.15) is 5.26 Å².